The van der Waals surface area contributed by atoms with Crippen molar-refractivity contribution in [2.24, 2.45) is 5.73 Å². The molecule has 0 saturated carbocycles. The van der Waals surface area contributed by atoms with Crippen LogP contribution < -0.4 is 20.1 Å². The number of hydrogen-bond acceptors (Lipinski definition) is 6. The highest BCUT2D eigenvalue weighted by Crippen LogP contribution is 2.40. The zero-order chi connectivity index (χ0) is 24.9. The summed E-state index contributed by atoms with van der Waals surface area (Å²) in [7, 11) is 1.61. The van der Waals surface area contributed by atoms with Crippen LogP contribution >= 0.6 is 23.2 Å². The van der Waals surface area contributed by atoms with Gasteiger partial charge in [0.25, 0.3) is 0 Å². The number of rotatable bonds is 8. The first-order valence-electron chi connectivity index (χ1n) is 10.9. The molecule has 0 aliphatic carbocycles. The van der Waals surface area contributed by atoms with E-state index >= 15 is 0 Å². The van der Waals surface area contributed by atoms with Crippen molar-refractivity contribution >= 4 is 45.7 Å². The summed E-state index contributed by atoms with van der Waals surface area (Å²) in [4.78, 5) is 22.5. The molecule has 2 aromatic heterocycles. The molecular formula is C26H24Cl2N4O3. The normalized spacial score (nSPS) is 10.9. The van der Waals surface area contributed by atoms with Crippen molar-refractivity contribution in [1.29, 1.82) is 0 Å². The first-order chi connectivity index (χ1) is 16.9. The number of aromatic nitrogens is 2. The minimum atomic E-state index is -0.277. The summed E-state index contributed by atoms with van der Waals surface area (Å²) >= 11 is 13.1. The fourth-order valence-corrected chi connectivity index (χ4v) is 4.22. The molecule has 0 saturated heterocycles. The number of ether oxygens (including phenoxy) is 2. The molecule has 0 unspecified atom stereocenters. The number of aryl methyl sites for hydroxylation is 1. The minimum Gasteiger partial charge on any atom is -0.483 e. The van der Waals surface area contributed by atoms with Gasteiger partial charge in [-0.25, -0.2) is 4.98 Å². The Balaban J connectivity index is 1.69. The van der Waals surface area contributed by atoms with Gasteiger partial charge in [-0.15, -0.1) is 0 Å². The lowest BCUT2D eigenvalue weighted by Gasteiger charge is -2.21. The lowest BCUT2D eigenvalue weighted by atomic mass is 10.1. The first kappa shape index (κ1) is 24.7. The Labute approximate surface area is 213 Å². The van der Waals surface area contributed by atoms with Gasteiger partial charge in [-0.1, -0.05) is 41.4 Å². The maximum Gasteiger partial charge on any atom is 0.240 e. The number of anilines is 1. The summed E-state index contributed by atoms with van der Waals surface area (Å²) < 4.78 is 12.4. The number of nitrogens with zero attached hydrogens (tertiary/aromatic N) is 3. The number of nitrogens with two attached hydrogens (primary N) is 1. The number of carbonyl (C=O) groups is 1. The number of amides is 1. The van der Waals surface area contributed by atoms with Gasteiger partial charge in [0, 0.05) is 29.2 Å². The predicted octanol–water partition coefficient (Wildman–Crippen LogP) is 5.32. The summed E-state index contributed by atoms with van der Waals surface area (Å²) in [6.45, 7) is 2.01. The lowest BCUT2D eigenvalue weighted by molar-refractivity contribution is -0.117. The van der Waals surface area contributed by atoms with Crippen LogP contribution in [0.1, 0.15) is 17.0 Å². The SMILES string of the molecule is Cc1nc2ccccc2c(OCc2ccccn2)c1OCc1c(Cl)ccc(N(C)C(=O)CN)c1Cl. The molecule has 0 atom stereocenters. The molecule has 0 fully saturated rings. The van der Waals surface area contributed by atoms with Crippen LogP contribution in [0.2, 0.25) is 10.0 Å². The van der Waals surface area contributed by atoms with E-state index in [4.69, 9.17) is 38.4 Å². The molecule has 7 nitrogen and oxygen atoms in total. The van der Waals surface area contributed by atoms with Gasteiger partial charge in [0.2, 0.25) is 5.91 Å². The number of carbonyl (C=O) groups excluding carboxylic acids is 1. The van der Waals surface area contributed by atoms with Crippen molar-refractivity contribution in [3.05, 3.63) is 87.8 Å². The molecule has 0 aliphatic rings. The van der Waals surface area contributed by atoms with E-state index in [-0.39, 0.29) is 25.7 Å². The molecule has 180 valence electrons. The van der Waals surface area contributed by atoms with Crippen molar-refractivity contribution in [3.63, 3.8) is 0 Å². The number of pyridine rings is 2. The van der Waals surface area contributed by atoms with Crippen LogP contribution in [0.4, 0.5) is 5.69 Å². The fraction of sp³-hybridized carbons (Fsp3) is 0.192. The second-order valence-electron chi connectivity index (χ2n) is 7.79. The highest BCUT2D eigenvalue weighted by Gasteiger charge is 2.20. The van der Waals surface area contributed by atoms with Crippen LogP contribution in [-0.2, 0) is 18.0 Å². The van der Waals surface area contributed by atoms with Gasteiger partial charge in [-0.05, 0) is 43.3 Å². The van der Waals surface area contributed by atoms with Crippen LogP contribution in [0.5, 0.6) is 11.5 Å². The van der Waals surface area contributed by atoms with Crippen LogP contribution in [-0.4, -0.2) is 29.5 Å². The van der Waals surface area contributed by atoms with E-state index in [0.717, 1.165) is 16.6 Å². The second kappa shape index (κ2) is 10.9. The van der Waals surface area contributed by atoms with E-state index in [1.54, 1.807) is 25.4 Å². The average molecular weight is 511 g/mol. The van der Waals surface area contributed by atoms with Crippen LogP contribution in [0.3, 0.4) is 0 Å². The predicted molar refractivity (Wildman–Crippen MR) is 138 cm³/mol. The van der Waals surface area contributed by atoms with E-state index < -0.39 is 0 Å². The summed E-state index contributed by atoms with van der Waals surface area (Å²) in [5.41, 5.74) is 8.74. The lowest BCUT2D eigenvalue weighted by Crippen LogP contribution is -2.32. The molecule has 2 heterocycles. The maximum atomic E-state index is 12.1. The zero-order valence-corrected chi connectivity index (χ0v) is 20.8. The summed E-state index contributed by atoms with van der Waals surface area (Å²) in [6.07, 6.45) is 1.72. The Bertz CT molecular complexity index is 1370. The molecule has 0 aliphatic heterocycles. The molecule has 4 aromatic rings. The Morgan fingerprint density at radius 3 is 2.49 bits per heavy atom. The van der Waals surface area contributed by atoms with E-state index in [1.807, 2.05) is 49.4 Å². The van der Waals surface area contributed by atoms with Crippen molar-refractivity contribution in [1.82, 2.24) is 9.97 Å². The monoisotopic (exact) mass is 510 g/mol. The van der Waals surface area contributed by atoms with Gasteiger partial charge in [0.05, 0.1) is 34.2 Å². The van der Waals surface area contributed by atoms with Gasteiger partial charge < -0.3 is 20.1 Å². The average Bonchev–Trinajstić information content (AvgIpc) is 2.87. The van der Waals surface area contributed by atoms with E-state index in [9.17, 15) is 4.79 Å². The standard InChI is InChI=1S/C26H24Cl2N4O3/c1-16-25(35-15-19-20(27)10-11-22(24(19)28)32(2)23(33)13-29)26(18-8-3-4-9-21(18)31-16)34-14-17-7-5-6-12-30-17/h3-12H,13-15,29H2,1-2H3. The van der Waals surface area contributed by atoms with E-state index in [0.29, 0.717) is 38.5 Å². The molecule has 0 spiro atoms. The zero-order valence-electron chi connectivity index (χ0n) is 19.3. The molecule has 35 heavy (non-hydrogen) atoms. The highest BCUT2D eigenvalue weighted by atomic mass is 35.5. The summed E-state index contributed by atoms with van der Waals surface area (Å²) in [5, 5.41) is 1.53. The van der Waals surface area contributed by atoms with Crippen molar-refractivity contribution < 1.29 is 14.3 Å². The van der Waals surface area contributed by atoms with Gasteiger partial charge in [-0.2, -0.15) is 0 Å². The summed E-state index contributed by atoms with van der Waals surface area (Å²) in [5.74, 6) is 0.752. The van der Waals surface area contributed by atoms with E-state index in [2.05, 4.69) is 9.97 Å². The van der Waals surface area contributed by atoms with Gasteiger partial charge in [0.1, 0.15) is 13.2 Å². The molecule has 2 N–H and O–H groups in total. The van der Waals surface area contributed by atoms with E-state index in [1.165, 1.54) is 4.90 Å². The summed E-state index contributed by atoms with van der Waals surface area (Å²) in [6, 6.07) is 16.7. The fourth-order valence-electron chi connectivity index (χ4n) is 3.62. The number of fused-ring (bicyclic) bond motifs is 1. The van der Waals surface area contributed by atoms with Crippen molar-refractivity contribution in [2.75, 3.05) is 18.5 Å². The van der Waals surface area contributed by atoms with Crippen molar-refractivity contribution in [3.8, 4) is 11.5 Å². The molecule has 9 heteroatoms. The Kier molecular flexibility index (Phi) is 7.70. The minimum absolute atomic E-state index is 0.0387. The highest BCUT2D eigenvalue weighted by molar-refractivity contribution is 6.38. The Hall–Kier alpha value is -3.39. The van der Waals surface area contributed by atoms with Crippen molar-refractivity contribution in [2.45, 2.75) is 20.1 Å². The molecule has 0 bridgehead atoms. The molecule has 1 amide bonds. The number of halogens is 2. The smallest absolute Gasteiger partial charge is 0.240 e. The number of likely N-dealkylation sites (N-methyl/N-ethyl adjacent to an activating group) is 1. The molecule has 2 aromatic carbocycles. The topological polar surface area (TPSA) is 90.6 Å². The van der Waals surface area contributed by atoms with Crippen LogP contribution in [0.25, 0.3) is 10.9 Å². The molecule has 4 rings (SSSR count). The first-order valence-corrected chi connectivity index (χ1v) is 11.6. The second-order valence-corrected chi connectivity index (χ2v) is 8.57. The molecular weight excluding hydrogens is 487 g/mol. The largest absolute Gasteiger partial charge is 0.483 e. The van der Waals surface area contributed by atoms with Crippen LogP contribution in [0, 0.1) is 6.92 Å². The number of benzene rings is 2. The van der Waals surface area contributed by atoms with Gasteiger partial charge in [0.15, 0.2) is 11.5 Å². The molecule has 0 radical (unpaired) electrons. The van der Waals surface area contributed by atoms with Gasteiger partial charge in [-0.3, -0.25) is 9.78 Å². The third kappa shape index (κ3) is 5.32. The number of para-hydroxylation sites is 1. The van der Waals surface area contributed by atoms with Gasteiger partial charge >= 0.3 is 0 Å². The Morgan fingerprint density at radius 2 is 1.74 bits per heavy atom. The quantitative estimate of drug-likeness (QED) is 0.344. The third-order valence-corrected chi connectivity index (χ3v) is 6.27. The third-order valence-electron chi connectivity index (χ3n) is 5.50. The van der Waals surface area contributed by atoms with Crippen LogP contribution in [0.15, 0.2) is 60.8 Å². The Morgan fingerprint density at radius 1 is 1.00 bits per heavy atom. The number of hydrogen-bond donors (Lipinski definition) is 1. The maximum absolute atomic E-state index is 12.1.